The van der Waals surface area contributed by atoms with E-state index in [2.05, 4.69) is 66.6 Å². The SMILES string of the molecule is CSc1ccc2c(c1)SC(=CC=C(C)C=Cc1cc[n+](CCC(=O)O)c3ccccc13)N2Cc1ccc(C(=O)O)cc1. The molecule has 1 aromatic heterocycles. The van der Waals surface area contributed by atoms with E-state index in [0.29, 0.717) is 13.1 Å². The molecule has 0 fully saturated rings. The fraction of sp³-hybridized carbons (Fsp3) is 0.147. The molecule has 0 unspecified atom stereocenters. The summed E-state index contributed by atoms with van der Waals surface area (Å²) in [5.74, 6) is -1.74. The Balaban J connectivity index is 1.40. The molecule has 2 N–H and O–H groups in total. The first-order chi connectivity index (χ1) is 20.3. The van der Waals surface area contributed by atoms with Gasteiger partial charge in [-0.15, -0.1) is 11.8 Å². The first kappa shape index (κ1) is 29.2. The average Bonchev–Trinajstić information content (AvgIpc) is 3.34. The van der Waals surface area contributed by atoms with E-state index >= 15 is 0 Å². The lowest BCUT2D eigenvalue weighted by molar-refractivity contribution is -0.670. The van der Waals surface area contributed by atoms with Crippen molar-refractivity contribution in [3.63, 3.8) is 0 Å². The predicted molar refractivity (Wildman–Crippen MR) is 171 cm³/mol. The van der Waals surface area contributed by atoms with Gasteiger partial charge < -0.3 is 15.1 Å². The highest BCUT2D eigenvalue weighted by molar-refractivity contribution is 8.03. The summed E-state index contributed by atoms with van der Waals surface area (Å²) in [6, 6.07) is 23.6. The van der Waals surface area contributed by atoms with Gasteiger partial charge in [-0.25, -0.2) is 4.79 Å². The Kier molecular flexibility index (Phi) is 9.15. The van der Waals surface area contributed by atoms with Crippen molar-refractivity contribution >= 4 is 58.1 Å². The lowest BCUT2D eigenvalue weighted by Crippen LogP contribution is -2.35. The maximum absolute atomic E-state index is 11.3. The molecule has 0 atom stereocenters. The van der Waals surface area contributed by atoms with Gasteiger partial charge in [-0.1, -0.05) is 59.8 Å². The summed E-state index contributed by atoms with van der Waals surface area (Å²) in [7, 11) is 0. The number of para-hydroxylation sites is 1. The van der Waals surface area contributed by atoms with Gasteiger partial charge in [0.1, 0.15) is 6.42 Å². The Morgan fingerprint density at radius 3 is 2.55 bits per heavy atom. The molecule has 0 spiro atoms. The van der Waals surface area contributed by atoms with Crippen LogP contribution >= 0.6 is 23.5 Å². The number of aliphatic carboxylic acids is 1. The number of pyridine rings is 1. The molecule has 2 heterocycles. The Bertz CT molecular complexity index is 1740. The standard InChI is InChI=1S/C34H30N2O4S2/c1-23(7-11-25-17-19-35(20-18-33(37)38)29-6-4-3-5-28(25)29)8-16-32-36(22-24-9-12-26(13-10-24)34(39)40)30-15-14-27(41-2)21-31(30)42-32/h3-17,19,21H,18,20,22H2,1-2H3,(H-,37,38,39,40)/p+1. The van der Waals surface area contributed by atoms with Crippen molar-refractivity contribution in [1.82, 2.24) is 0 Å². The van der Waals surface area contributed by atoms with Gasteiger partial charge in [0.2, 0.25) is 5.52 Å². The van der Waals surface area contributed by atoms with Crippen LogP contribution in [0.5, 0.6) is 0 Å². The average molecular weight is 596 g/mol. The number of carboxylic acid groups (broad SMARTS) is 2. The molecule has 42 heavy (non-hydrogen) atoms. The highest BCUT2D eigenvalue weighted by Crippen LogP contribution is 2.48. The van der Waals surface area contributed by atoms with Gasteiger partial charge in [0, 0.05) is 28.5 Å². The molecule has 8 heteroatoms. The number of aromatic nitrogens is 1. The fourth-order valence-corrected chi connectivity index (χ4v) is 6.40. The van der Waals surface area contributed by atoms with Crippen LogP contribution in [0, 0.1) is 0 Å². The lowest BCUT2D eigenvalue weighted by atomic mass is 10.1. The van der Waals surface area contributed by atoms with Crippen molar-refractivity contribution in [3.05, 3.63) is 125 Å². The van der Waals surface area contributed by atoms with E-state index in [0.717, 1.165) is 38.3 Å². The van der Waals surface area contributed by atoms with Crippen LogP contribution in [0.25, 0.3) is 17.0 Å². The van der Waals surface area contributed by atoms with Gasteiger partial charge in [0.05, 0.1) is 21.7 Å². The topological polar surface area (TPSA) is 81.7 Å². The van der Waals surface area contributed by atoms with Crippen molar-refractivity contribution < 1.29 is 24.4 Å². The number of aromatic carboxylic acids is 1. The van der Waals surface area contributed by atoms with Crippen LogP contribution < -0.4 is 9.47 Å². The number of hydrogen-bond donors (Lipinski definition) is 2. The number of hydrogen-bond acceptors (Lipinski definition) is 5. The number of carbonyl (C=O) groups is 2. The minimum atomic E-state index is -0.927. The first-order valence-corrected chi connectivity index (χ1v) is 15.5. The maximum Gasteiger partial charge on any atom is 0.335 e. The molecule has 0 bridgehead atoms. The zero-order valence-corrected chi connectivity index (χ0v) is 25.0. The highest BCUT2D eigenvalue weighted by atomic mass is 32.2. The van der Waals surface area contributed by atoms with E-state index < -0.39 is 11.9 Å². The van der Waals surface area contributed by atoms with Gasteiger partial charge in [-0.05, 0) is 66.8 Å². The van der Waals surface area contributed by atoms with Gasteiger partial charge in [-0.2, -0.15) is 4.57 Å². The summed E-state index contributed by atoms with van der Waals surface area (Å²) in [5.41, 5.74) is 5.60. The Hall–Kier alpha value is -4.27. The zero-order valence-electron chi connectivity index (χ0n) is 23.4. The third-order valence-corrected chi connectivity index (χ3v) is 8.86. The van der Waals surface area contributed by atoms with Crippen molar-refractivity contribution in [2.24, 2.45) is 0 Å². The smallest absolute Gasteiger partial charge is 0.335 e. The van der Waals surface area contributed by atoms with Crippen LogP contribution in [0.4, 0.5) is 5.69 Å². The number of benzene rings is 3. The molecular formula is C34H31N2O4S2+. The number of carboxylic acids is 2. The van der Waals surface area contributed by atoms with Crippen LogP contribution in [0.3, 0.4) is 0 Å². The van der Waals surface area contributed by atoms with Crippen LogP contribution in [-0.4, -0.2) is 28.4 Å². The van der Waals surface area contributed by atoms with E-state index in [1.165, 1.54) is 9.79 Å². The van der Waals surface area contributed by atoms with Crippen molar-refractivity contribution in [1.29, 1.82) is 0 Å². The van der Waals surface area contributed by atoms with E-state index in [1.807, 2.05) is 47.2 Å². The molecule has 1 aliphatic rings. The summed E-state index contributed by atoms with van der Waals surface area (Å²) in [6.07, 6.45) is 12.5. The van der Waals surface area contributed by atoms with Crippen LogP contribution in [0.15, 0.2) is 118 Å². The third kappa shape index (κ3) is 6.78. The minimum absolute atomic E-state index is 0.0749. The molecule has 1 aliphatic heterocycles. The normalized spacial score (nSPS) is 14.2. The molecular weight excluding hydrogens is 565 g/mol. The number of allylic oxidation sites excluding steroid dienone is 4. The highest BCUT2D eigenvalue weighted by Gasteiger charge is 2.25. The monoisotopic (exact) mass is 595 g/mol. The third-order valence-electron chi connectivity index (χ3n) is 7.02. The number of fused-ring (bicyclic) bond motifs is 2. The van der Waals surface area contributed by atoms with Crippen molar-refractivity contribution in [2.75, 3.05) is 11.2 Å². The largest absolute Gasteiger partial charge is 0.481 e. The molecule has 6 nitrogen and oxygen atoms in total. The van der Waals surface area contributed by atoms with Crippen LogP contribution in [0.2, 0.25) is 0 Å². The molecule has 0 radical (unpaired) electrons. The first-order valence-electron chi connectivity index (χ1n) is 13.5. The van der Waals surface area contributed by atoms with Crippen LogP contribution in [-0.2, 0) is 17.9 Å². The summed E-state index contributed by atoms with van der Waals surface area (Å²) in [6.45, 7) is 3.12. The number of nitrogens with zero attached hydrogens (tertiary/aromatic N) is 2. The van der Waals surface area contributed by atoms with E-state index in [-0.39, 0.29) is 12.0 Å². The number of anilines is 1. The van der Waals surface area contributed by atoms with Crippen molar-refractivity contribution in [3.8, 4) is 0 Å². The minimum Gasteiger partial charge on any atom is -0.481 e. The Labute approximate surface area is 253 Å². The molecule has 5 rings (SSSR count). The lowest BCUT2D eigenvalue weighted by Gasteiger charge is -2.20. The zero-order chi connectivity index (χ0) is 29.6. The quantitative estimate of drug-likeness (QED) is 0.111. The van der Waals surface area contributed by atoms with E-state index in [9.17, 15) is 14.7 Å². The van der Waals surface area contributed by atoms with Crippen LogP contribution in [0.1, 0.15) is 34.8 Å². The number of rotatable bonds is 10. The van der Waals surface area contributed by atoms with Gasteiger partial charge in [0.15, 0.2) is 12.7 Å². The van der Waals surface area contributed by atoms with E-state index in [4.69, 9.17) is 5.11 Å². The fourth-order valence-electron chi connectivity index (χ4n) is 4.78. The summed E-state index contributed by atoms with van der Waals surface area (Å²) in [5, 5.41) is 20.5. The second kappa shape index (κ2) is 13.1. The molecule has 0 aliphatic carbocycles. The molecule has 0 amide bonds. The number of aryl methyl sites for hydroxylation is 1. The summed E-state index contributed by atoms with van der Waals surface area (Å²) < 4.78 is 1.98. The summed E-state index contributed by atoms with van der Waals surface area (Å²) in [4.78, 5) is 27.1. The van der Waals surface area contributed by atoms with Crippen molar-refractivity contribution in [2.45, 2.75) is 36.2 Å². The summed E-state index contributed by atoms with van der Waals surface area (Å²) >= 11 is 3.45. The molecule has 0 saturated carbocycles. The predicted octanol–water partition coefficient (Wildman–Crippen LogP) is 7.64. The second-order valence-electron chi connectivity index (χ2n) is 9.90. The Morgan fingerprint density at radius 1 is 1.02 bits per heavy atom. The molecule has 3 aromatic carbocycles. The molecule has 4 aromatic rings. The van der Waals surface area contributed by atoms with Gasteiger partial charge >= 0.3 is 11.9 Å². The molecule has 212 valence electrons. The molecule has 0 saturated heterocycles. The van der Waals surface area contributed by atoms with E-state index in [1.54, 1.807) is 35.7 Å². The second-order valence-corrected chi connectivity index (χ2v) is 11.8. The van der Waals surface area contributed by atoms with Gasteiger partial charge in [-0.3, -0.25) is 4.79 Å². The number of thioether (sulfide) groups is 2. The van der Waals surface area contributed by atoms with Gasteiger partial charge in [0.25, 0.3) is 0 Å². The Morgan fingerprint density at radius 2 is 1.81 bits per heavy atom. The maximum atomic E-state index is 11.3.